The van der Waals surface area contributed by atoms with E-state index in [9.17, 15) is 9.59 Å². The number of aromatic nitrogens is 4. The molecule has 0 radical (unpaired) electrons. The van der Waals surface area contributed by atoms with Gasteiger partial charge in [0.25, 0.3) is 0 Å². The van der Waals surface area contributed by atoms with E-state index in [0.29, 0.717) is 29.2 Å². The predicted molar refractivity (Wildman–Crippen MR) is 136 cm³/mol. The Bertz CT molecular complexity index is 1280. The maximum absolute atomic E-state index is 13.9. The Morgan fingerprint density at radius 3 is 2.51 bits per heavy atom. The van der Waals surface area contributed by atoms with E-state index < -0.39 is 6.04 Å². The number of benzene rings is 2. The van der Waals surface area contributed by atoms with Crippen LogP contribution in [-0.2, 0) is 16.1 Å². The molecule has 0 saturated carbocycles. The van der Waals surface area contributed by atoms with Gasteiger partial charge in [0, 0.05) is 30.2 Å². The maximum atomic E-state index is 13.9. The fraction of sp³-hybridized carbons (Fsp3) is 0.296. The molecule has 0 bridgehead atoms. The van der Waals surface area contributed by atoms with Gasteiger partial charge in [-0.15, -0.1) is 5.10 Å². The van der Waals surface area contributed by atoms with Crippen LogP contribution in [0.1, 0.15) is 37.4 Å². The number of rotatable bonds is 9. The first-order valence-corrected chi connectivity index (χ1v) is 11.8. The molecule has 1 N–H and O–H groups in total. The average Bonchev–Trinajstić information content (AvgIpc) is 3.26. The minimum atomic E-state index is -0.888. The van der Waals surface area contributed by atoms with E-state index in [2.05, 4.69) is 34.5 Å². The van der Waals surface area contributed by atoms with E-state index in [1.54, 1.807) is 23.1 Å². The van der Waals surface area contributed by atoms with Crippen LogP contribution in [0.3, 0.4) is 0 Å². The van der Waals surface area contributed by atoms with Crippen LogP contribution in [0.4, 0.5) is 5.69 Å². The molecule has 0 aliphatic carbocycles. The monoisotopic (exact) mass is 470 g/mol. The first-order valence-electron chi connectivity index (χ1n) is 11.8. The topological polar surface area (TPSA) is 93.0 Å². The van der Waals surface area contributed by atoms with Crippen LogP contribution in [0.15, 0.2) is 73.1 Å². The zero-order valence-corrected chi connectivity index (χ0v) is 20.3. The zero-order chi connectivity index (χ0) is 24.8. The minimum Gasteiger partial charge on any atom is -0.354 e. The van der Waals surface area contributed by atoms with E-state index in [-0.39, 0.29) is 18.4 Å². The van der Waals surface area contributed by atoms with Crippen molar-refractivity contribution in [1.29, 1.82) is 0 Å². The highest BCUT2D eigenvalue weighted by atomic mass is 16.2. The molecule has 8 heteroatoms. The largest absolute Gasteiger partial charge is 0.354 e. The van der Waals surface area contributed by atoms with Crippen molar-refractivity contribution in [2.45, 2.75) is 39.8 Å². The molecule has 2 heterocycles. The SMILES string of the molecule is Cc1ccc(N(C(=O)Cn2nnc3ccccc32)[C@@H](C(=O)NCCC(C)C)c2cccnc2)cc1. The summed E-state index contributed by atoms with van der Waals surface area (Å²) in [5.74, 6) is -0.0871. The summed E-state index contributed by atoms with van der Waals surface area (Å²) in [5, 5.41) is 11.4. The van der Waals surface area contributed by atoms with E-state index in [1.165, 1.54) is 4.90 Å². The number of fused-ring (bicyclic) bond motifs is 1. The van der Waals surface area contributed by atoms with Crippen LogP contribution in [0.2, 0.25) is 0 Å². The number of nitrogens with one attached hydrogen (secondary N) is 1. The number of para-hydroxylation sites is 1. The van der Waals surface area contributed by atoms with Crippen molar-refractivity contribution in [2.24, 2.45) is 5.92 Å². The third kappa shape index (κ3) is 5.71. The van der Waals surface area contributed by atoms with Crippen molar-refractivity contribution >= 4 is 28.5 Å². The fourth-order valence-electron chi connectivity index (χ4n) is 3.92. The molecule has 35 heavy (non-hydrogen) atoms. The van der Waals surface area contributed by atoms with Crippen molar-refractivity contribution in [2.75, 3.05) is 11.4 Å². The van der Waals surface area contributed by atoms with Crippen molar-refractivity contribution in [1.82, 2.24) is 25.3 Å². The lowest BCUT2D eigenvalue weighted by Gasteiger charge is -2.31. The Kier molecular flexibility index (Phi) is 7.50. The number of hydrogen-bond donors (Lipinski definition) is 1. The molecule has 0 saturated heterocycles. The lowest BCUT2D eigenvalue weighted by Crippen LogP contribution is -2.45. The number of aryl methyl sites for hydroxylation is 1. The minimum absolute atomic E-state index is 0.0651. The van der Waals surface area contributed by atoms with Gasteiger partial charge in [0.1, 0.15) is 18.1 Å². The van der Waals surface area contributed by atoms with Crippen molar-refractivity contribution < 1.29 is 9.59 Å². The number of carbonyl (C=O) groups is 2. The molecule has 2 aromatic carbocycles. The van der Waals surface area contributed by atoms with E-state index in [0.717, 1.165) is 17.5 Å². The number of anilines is 1. The average molecular weight is 471 g/mol. The molecule has 0 unspecified atom stereocenters. The summed E-state index contributed by atoms with van der Waals surface area (Å²) in [6, 6.07) is 17.8. The Morgan fingerprint density at radius 1 is 1.03 bits per heavy atom. The second-order valence-electron chi connectivity index (χ2n) is 9.00. The molecular formula is C27H30N6O2. The van der Waals surface area contributed by atoms with Crippen LogP contribution in [-0.4, -0.2) is 38.3 Å². The molecule has 0 aliphatic heterocycles. The highest BCUT2D eigenvalue weighted by Gasteiger charge is 2.33. The van der Waals surface area contributed by atoms with Crippen molar-refractivity contribution in [3.05, 3.63) is 84.2 Å². The highest BCUT2D eigenvalue weighted by Crippen LogP contribution is 2.29. The Morgan fingerprint density at radius 2 is 1.80 bits per heavy atom. The normalized spacial score (nSPS) is 12.0. The van der Waals surface area contributed by atoms with Gasteiger partial charge in [-0.05, 0) is 49.6 Å². The van der Waals surface area contributed by atoms with Gasteiger partial charge in [0.05, 0.1) is 5.52 Å². The summed E-state index contributed by atoms with van der Waals surface area (Å²) >= 11 is 0. The second-order valence-corrected chi connectivity index (χ2v) is 9.00. The van der Waals surface area contributed by atoms with Crippen LogP contribution in [0, 0.1) is 12.8 Å². The Balaban J connectivity index is 1.73. The Hall–Kier alpha value is -4.07. The van der Waals surface area contributed by atoms with Crippen molar-refractivity contribution in [3.63, 3.8) is 0 Å². The van der Waals surface area contributed by atoms with Gasteiger partial charge < -0.3 is 5.32 Å². The zero-order valence-electron chi connectivity index (χ0n) is 20.3. The summed E-state index contributed by atoms with van der Waals surface area (Å²) in [6.07, 6.45) is 4.12. The summed E-state index contributed by atoms with van der Waals surface area (Å²) in [4.78, 5) is 33.2. The first kappa shape index (κ1) is 24.1. The van der Waals surface area contributed by atoms with Gasteiger partial charge in [-0.1, -0.05) is 55.0 Å². The molecule has 2 aromatic heterocycles. The summed E-state index contributed by atoms with van der Waals surface area (Å²) in [7, 11) is 0. The molecule has 0 aliphatic rings. The van der Waals surface area contributed by atoms with E-state index in [4.69, 9.17) is 0 Å². The maximum Gasteiger partial charge on any atom is 0.249 e. The molecular weight excluding hydrogens is 440 g/mol. The molecule has 0 fully saturated rings. The van der Waals surface area contributed by atoms with E-state index in [1.807, 2.05) is 61.5 Å². The first-order chi connectivity index (χ1) is 16.9. The number of carbonyl (C=O) groups excluding carboxylic acids is 2. The molecule has 0 spiro atoms. The van der Waals surface area contributed by atoms with Crippen LogP contribution >= 0.6 is 0 Å². The standard InChI is InChI=1S/C27H30N6O2/c1-19(2)14-16-29-27(35)26(21-7-6-15-28-17-21)33(22-12-10-20(3)11-13-22)25(34)18-32-24-9-5-4-8-23(24)30-31-32/h4-13,15,17,19,26H,14,16,18H2,1-3H3,(H,29,35)/t26-/m1/s1. The third-order valence-electron chi connectivity index (χ3n) is 5.81. The fourth-order valence-corrected chi connectivity index (χ4v) is 3.92. The van der Waals surface area contributed by atoms with Crippen LogP contribution in [0.25, 0.3) is 11.0 Å². The summed E-state index contributed by atoms with van der Waals surface area (Å²) < 4.78 is 1.57. The molecule has 2 amide bonds. The molecule has 8 nitrogen and oxygen atoms in total. The Labute approximate surface area is 205 Å². The van der Waals surface area contributed by atoms with Gasteiger partial charge >= 0.3 is 0 Å². The molecule has 180 valence electrons. The molecule has 1 atom stereocenters. The number of amides is 2. The van der Waals surface area contributed by atoms with Crippen LogP contribution < -0.4 is 10.2 Å². The third-order valence-corrected chi connectivity index (χ3v) is 5.81. The predicted octanol–water partition coefficient (Wildman–Crippen LogP) is 4.07. The summed E-state index contributed by atoms with van der Waals surface area (Å²) in [5.41, 5.74) is 3.77. The summed E-state index contributed by atoms with van der Waals surface area (Å²) in [6.45, 7) is 6.65. The van der Waals surface area contributed by atoms with Crippen LogP contribution in [0.5, 0.6) is 0 Å². The second kappa shape index (κ2) is 10.9. The van der Waals surface area contributed by atoms with Gasteiger partial charge in [0.15, 0.2) is 0 Å². The van der Waals surface area contributed by atoms with Gasteiger partial charge in [0.2, 0.25) is 11.8 Å². The molecule has 4 rings (SSSR count). The lowest BCUT2D eigenvalue weighted by molar-refractivity contribution is -0.127. The lowest BCUT2D eigenvalue weighted by atomic mass is 10.0. The van der Waals surface area contributed by atoms with Crippen molar-refractivity contribution in [3.8, 4) is 0 Å². The van der Waals surface area contributed by atoms with E-state index >= 15 is 0 Å². The smallest absolute Gasteiger partial charge is 0.249 e. The quantitative estimate of drug-likeness (QED) is 0.398. The highest BCUT2D eigenvalue weighted by molar-refractivity contribution is 6.01. The number of pyridine rings is 1. The number of nitrogens with zero attached hydrogens (tertiary/aromatic N) is 5. The number of hydrogen-bond acceptors (Lipinski definition) is 5. The van der Waals surface area contributed by atoms with Gasteiger partial charge in [-0.25, -0.2) is 4.68 Å². The molecule has 4 aromatic rings. The van der Waals surface area contributed by atoms with Gasteiger partial charge in [-0.2, -0.15) is 0 Å². The van der Waals surface area contributed by atoms with Gasteiger partial charge in [-0.3, -0.25) is 19.5 Å².